The first kappa shape index (κ1) is 24.1. The van der Waals surface area contributed by atoms with Crippen LogP contribution in [0.2, 0.25) is 0 Å². The summed E-state index contributed by atoms with van der Waals surface area (Å²) in [5.74, 6) is -1.12. The SMILES string of the molecule is COC(=O)c1ccc(OC(=O)[C@H](Cc2ccccc2)NS(=O)(=O)c2ccc3ccccc3c2)cc1. The summed E-state index contributed by atoms with van der Waals surface area (Å²) >= 11 is 0. The number of ether oxygens (including phenoxy) is 2. The molecule has 0 aliphatic rings. The van der Waals surface area contributed by atoms with E-state index in [-0.39, 0.29) is 17.1 Å². The third kappa shape index (κ3) is 5.92. The molecule has 0 radical (unpaired) electrons. The number of nitrogens with one attached hydrogen (secondary N) is 1. The summed E-state index contributed by atoms with van der Waals surface area (Å²) in [6.07, 6.45) is 0.0900. The Morgan fingerprint density at radius 3 is 2.17 bits per heavy atom. The van der Waals surface area contributed by atoms with Crippen LogP contribution in [0.5, 0.6) is 5.75 Å². The number of carbonyl (C=O) groups excluding carboxylic acids is 2. The first-order chi connectivity index (χ1) is 16.9. The van der Waals surface area contributed by atoms with Crippen LogP contribution >= 0.6 is 0 Å². The lowest BCUT2D eigenvalue weighted by Gasteiger charge is -2.18. The minimum atomic E-state index is -4.04. The second-order valence-electron chi connectivity index (χ2n) is 7.81. The van der Waals surface area contributed by atoms with Crippen molar-refractivity contribution < 1.29 is 27.5 Å². The average molecular weight is 490 g/mol. The zero-order chi connectivity index (χ0) is 24.8. The molecule has 0 spiro atoms. The van der Waals surface area contributed by atoms with E-state index in [4.69, 9.17) is 4.74 Å². The van der Waals surface area contributed by atoms with E-state index < -0.39 is 28.0 Å². The fraction of sp³-hybridized carbons (Fsp3) is 0.111. The van der Waals surface area contributed by atoms with Gasteiger partial charge in [0.25, 0.3) is 0 Å². The molecular weight excluding hydrogens is 466 g/mol. The van der Waals surface area contributed by atoms with Gasteiger partial charge in [-0.2, -0.15) is 4.72 Å². The fourth-order valence-electron chi connectivity index (χ4n) is 3.58. The van der Waals surface area contributed by atoms with Gasteiger partial charge in [0.05, 0.1) is 17.6 Å². The molecule has 1 atom stereocenters. The Kier molecular flexibility index (Phi) is 7.24. The van der Waals surface area contributed by atoms with E-state index in [1.165, 1.54) is 37.4 Å². The first-order valence-corrected chi connectivity index (χ1v) is 12.3. The molecule has 178 valence electrons. The van der Waals surface area contributed by atoms with Crippen LogP contribution in [0.25, 0.3) is 10.8 Å². The van der Waals surface area contributed by atoms with Crippen molar-refractivity contribution in [3.05, 3.63) is 108 Å². The van der Waals surface area contributed by atoms with Gasteiger partial charge in [0.2, 0.25) is 10.0 Å². The van der Waals surface area contributed by atoms with Gasteiger partial charge in [0, 0.05) is 0 Å². The molecule has 7 nitrogen and oxygen atoms in total. The summed E-state index contributed by atoms with van der Waals surface area (Å²) in [6.45, 7) is 0. The fourth-order valence-corrected chi connectivity index (χ4v) is 4.80. The van der Waals surface area contributed by atoms with Crippen molar-refractivity contribution in [1.29, 1.82) is 0 Å². The number of rotatable bonds is 8. The maximum atomic E-state index is 13.2. The monoisotopic (exact) mass is 489 g/mol. The number of benzene rings is 4. The Labute approximate surface area is 203 Å². The Morgan fingerprint density at radius 1 is 0.829 bits per heavy atom. The van der Waals surface area contributed by atoms with E-state index in [0.717, 1.165) is 16.3 Å². The van der Waals surface area contributed by atoms with E-state index in [0.29, 0.717) is 5.56 Å². The lowest BCUT2D eigenvalue weighted by Crippen LogP contribution is -2.44. The molecule has 0 aromatic heterocycles. The molecule has 0 heterocycles. The summed E-state index contributed by atoms with van der Waals surface area (Å²) in [6, 6.07) is 25.9. The predicted molar refractivity (Wildman–Crippen MR) is 132 cm³/mol. The van der Waals surface area contributed by atoms with Gasteiger partial charge in [-0.25, -0.2) is 18.0 Å². The Balaban J connectivity index is 1.59. The number of esters is 2. The van der Waals surface area contributed by atoms with Crippen LogP contribution < -0.4 is 9.46 Å². The van der Waals surface area contributed by atoms with Crippen LogP contribution in [-0.2, 0) is 26.0 Å². The Morgan fingerprint density at radius 2 is 1.49 bits per heavy atom. The molecule has 0 unspecified atom stereocenters. The normalized spacial score (nSPS) is 12.1. The van der Waals surface area contributed by atoms with Gasteiger partial charge < -0.3 is 9.47 Å². The molecule has 1 N–H and O–H groups in total. The smallest absolute Gasteiger partial charge is 0.337 e. The first-order valence-electron chi connectivity index (χ1n) is 10.8. The van der Waals surface area contributed by atoms with Crippen molar-refractivity contribution in [2.24, 2.45) is 0 Å². The van der Waals surface area contributed by atoms with E-state index >= 15 is 0 Å². The molecule has 0 fully saturated rings. The van der Waals surface area contributed by atoms with Crippen LogP contribution in [0.3, 0.4) is 0 Å². The minimum Gasteiger partial charge on any atom is -0.465 e. The number of fused-ring (bicyclic) bond motifs is 1. The summed E-state index contributed by atoms with van der Waals surface area (Å²) in [5.41, 5.74) is 1.06. The number of sulfonamides is 1. The molecular formula is C27H23NO6S. The van der Waals surface area contributed by atoms with Gasteiger partial charge in [0.1, 0.15) is 11.8 Å². The highest BCUT2D eigenvalue weighted by molar-refractivity contribution is 7.89. The molecule has 0 amide bonds. The van der Waals surface area contributed by atoms with Crippen molar-refractivity contribution >= 4 is 32.7 Å². The van der Waals surface area contributed by atoms with Gasteiger partial charge in [-0.1, -0.05) is 60.7 Å². The molecule has 0 saturated heterocycles. The summed E-state index contributed by atoms with van der Waals surface area (Å²) in [7, 11) is -2.77. The maximum Gasteiger partial charge on any atom is 0.337 e. The number of hydrogen-bond donors (Lipinski definition) is 1. The van der Waals surface area contributed by atoms with Gasteiger partial charge in [0.15, 0.2) is 0 Å². The average Bonchev–Trinajstić information content (AvgIpc) is 2.88. The topological polar surface area (TPSA) is 98.8 Å². The van der Waals surface area contributed by atoms with E-state index in [1.54, 1.807) is 36.4 Å². The third-order valence-electron chi connectivity index (χ3n) is 5.39. The van der Waals surface area contributed by atoms with E-state index in [2.05, 4.69) is 9.46 Å². The van der Waals surface area contributed by atoms with Crippen molar-refractivity contribution in [1.82, 2.24) is 4.72 Å². The largest absolute Gasteiger partial charge is 0.465 e. The second kappa shape index (κ2) is 10.5. The predicted octanol–water partition coefficient (Wildman–Crippen LogP) is 4.12. The molecule has 0 aliphatic carbocycles. The van der Waals surface area contributed by atoms with E-state index in [1.807, 2.05) is 30.3 Å². The van der Waals surface area contributed by atoms with Crippen molar-refractivity contribution in [3.8, 4) is 5.75 Å². The zero-order valence-corrected chi connectivity index (χ0v) is 19.7. The van der Waals surface area contributed by atoms with Crippen LogP contribution in [0.15, 0.2) is 102 Å². The third-order valence-corrected chi connectivity index (χ3v) is 6.86. The van der Waals surface area contributed by atoms with Crippen molar-refractivity contribution in [3.63, 3.8) is 0 Å². The van der Waals surface area contributed by atoms with Crippen LogP contribution in [0.4, 0.5) is 0 Å². The Bertz CT molecular complexity index is 1450. The number of hydrogen-bond acceptors (Lipinski definition) is 6. The van der Waals surface area contributed by atoms with Crippen LogP contribution in [0, 0.1) is 0 Å². The van der Waals surface area contributed by atoms with Crippen LogP contribution in [-0.4, -0.2) is 33.5 Å². The lowest BCUT2D eigenvalue weighted by atomic mass is 10.1. The number of carbonyl (C=O) groups is 2. The highest BCUT2D eigenvalue weighted by Crippen LogP contribution is 2.20. The highest BCUT2D eigenvalue weighted by Gasteiger charge is 2.28. The molecule has 35 heavy (non-hydrogen) atoms. The maximum absolute atomic E-state index is 13.2. The Hall–Kier alpha value is -4.01. The van der Waals surface area contributed by atoms with Crippen molar-refractivity contribution in [2.75, 3.05) is 7.11 Å². The molecule has 8 heteroatoms. The van der Waals surface area contributed by atoms with Crippen LogP contribution in [0.1, 0.15) is 15.9 Å². The van der Waals surface area contributed by atoms with E-state index in [9.17, 15) is 18.0 Å². The standard InChI is InChI=1S/C27H23NO6S/c1-33-26(29)21-11-14-23(15-12-21)34-27(30)25(17-19-7-3-2-4-8-19)28-35(31,32)24-16-13-20-9-5-6-10-22(20)18-24/h2-16,18,25,28H,17H2,1H3/t25-/m0/s1. The highest BCUT2D eigenvalue weighted by atomic mass is 32.2. The summed E-state index contributed by atoms with van der Waals surface area (Å²) in [5, 5.41) is 1.67. The van der Waals surface area contributed by atoms with Gasteiger partial charge >= 0.3 is 11.9 Å². The molecule has 4 aromatic rings. The van der Waals surface area contributed by atoms with Gasteiger partial charge in [-0.05, 0) is 59.2 Å². The number of methoxy groups -OCH3 is 1. The quantitative estimate of drug-likeness (QED) is 0.295. The van der Waals surface area contributed by atoms with Gasteiger partial charge in [-0.3, -0.25) is 0 Å². The summed E-state index contributed by atoms with van der Waals surface area (Å²) < 4.78 is 39.0. The lowest BCUT2D eigenvalue weighted by molar-refractivity contribution is -0.136. The second-order valence-corrected chi connectivity index (χ2v) is 9.52. The van der Waals surface area contributed by atoms with Gasteiger partial charge in [-0.15, -0.1) is 0 Å². The molecule has 0 aliphatic heterocycles. The van der Waals surface area contributed by atoms with Crippen molar-refractivity contribution in [2.45, 2.75) is 17.4 Å². The minimum absolute atomic E-state index is 0.0458. The molecule has 4 aromatic carbocycles. The zero-order valence-electron chi connectivity index (χ0n) is 18.9. The molecule has 0 bridgehead atoms. The molecule has 0 saturated carbocycles. The molecule has 4 rings (SSSR count). The summed E-state index contributed by atoms with van der Waals surface area (Å²) in [4.78, 5) is 24.7.